The van der Waals surface area contributed by atoms with Crippen molar-refractivity contribution in [3.63, 3.8) is 0 Å². The van der Waals surface area contributed by atoms with Gasteiger partial charge in [-0.3, -0.25) is 4.90 Å². The summed E-state index contributed by atoms with van der Waals surface area (Å²) >= 11 is 0. The first-order valence-corrected chi connectivity index (χ1v) is 7.69. The van der Waals surface area contributed by atoms with Crippen LogP contribution in [-0.4, -0.2) is 35.3 Å². The van der Waals surface area contributed by atoms with Crippen molar-refractivity contribution in [1.29, 1.82) is 0 Å². The maximum absolute atomic E-state index is 9.85. The molecule has 118 valence electrons. The highest BCUT2D eigenvalue weighted by Crippen LogP contribution is 2.42. The lowest BCUT2D eigenvalue weighted by atomic mass is 9.84. The lowest BCUT2D eigenvalue weighted by molar-refractivity contribution is 0.187. The van der Waals surface area contributed by atoms with E-state index in [-0.39, 0.29) is 17.5 Å². The van der Waals surface area contributed by atoms with Crippen molar-refractivity contribution in [1.82, 2.24) is 4.90 Å². The predicted molar refractivity (Wildman–Crippen MR) is 85.9 cm³/mol. The summed E-state index contributed by atoms with van der Waals surface area (Å²) in [4.78, 5) is 2.45. The third-order valence-electron chi connectivity index (χ3n) is 4.81. The fourth-order valence-corrected chi connectivity index (χ4v) is 3.48. The zero-order valence-corrected chi connectivity index (χ0v) is 13.4. The number of phenolic OH excluding ortho intramolecular Hbond substituents is 2. The Hall–Kier alpha value is -1.94. The molecule has 1 unspecified atom stereocenters. The summed E-state index contributed by atoms with van der Waals surface area (Å²) in [6.07, 6.45) is 3.93. The molecule has 1 atom stereocenters. The topological polar surface area (TPSA) is 52.9 Å². The summed E-state index contributed by atoms with van der Waals surface area (Å²) in [5.41, 5.74) is 4.96. The number of ether oxygens (including phenoxy) is 1. The summed E-state index contributed by atoms with van der Waals surface area (Å²) in [6, 6.07) is 3.70. The predicted octanol–water partition coefficient (Wildman–Crippen LogP) is 3.27. The summed E-state index contributed by atoms with van der Waals surface area (Å²) in [5, 5.41) is 19.6. The molecule has 2 heterocycles. The number of hydrogen-bond acceptors (Lipinski definition) is 4. The van der Waals surface area contributed by atoms with Gasteiger partial charge in [0.05, 0.1) is 12.9 Å². The van der Waals surface area contributed by atoms with Crippen LogP contribution in [0.15, 0.2) is 35.1 Å². The van der Waals surface area contributed by atoms with Crippen molar-refractivity contribution in [3.05, 3.63) is 46.2 Å². The van der Waals surface area contributed by atoms with E-state index in [1.807, 2.05) is 6.92 Å². The smallest absolute Gasteiger partial charge is 0.157 e. The van der Waals surface area contributed by atoms with E-state index in [1.54, 1.807) is 19.2 Å². The van der Waals surface area contributed by atoms with E-state index >= 15 is 0 Å². The number of allylic oxidation sites excluding steroid dienone is 2. The molecule has 0 aromatic heterocycles. The van der Waals surface area contributed by atoms with Gasteiger partial charge in [-0.25, -0.2) is 0 Å². The molecule has 0 saturated heterocycles. The van der Waals surface area contributed by atoms with E-state index in [2.05, 4.69) is 17.9 Å². The number of rotatable bonds is 2. The van der Waals surface area contributed by atoms with Crippen LogP contribution in [0.5, 0.6) is 11.5 Å². The first-order valence-electron chi connectivity index (χ1n) is 7.69. The molecule has 0 amide bonds. The Morgan fingerprint density at radius 2 is 2.05 bits per heavy atom. The minimum absolute atomic E-state index is 0.0231. The number of benzene rings is 1. The monoisotopic (exact) mass is 301 g/mol. The number of methoxy groups -OCH3 is 1. The highest BCUT2D eigenvalue weighted by molar-refractivity contribution is 5.49. The van der Waals surface area contributed by atoms with Crippen LogP contribution in [0.25, 0.3) is 0 Å². The van der Waals surface area contributed by atoms with Crippen LogP contribution in [0.3, 0.4) is 0 Å². The summed E-state index contributed by atoms with van der Waals surface area (Å²) in [7, 11) is 1.69. The summed E-state index contributed by atoms with van der Waals surface area (Å²) < 4.78 is 5.28. The van der Waals surface area contributed by atoms with Gasteiger partial charge in [-0.2, -0.15) is 0 Å². The molecule has 2 aliphatic rings. The van der Waals surface area contributed by atoms with Gasteiger partial charge in [-0.1, -0.05) is 5.57 Å². The zero-order valence-electron chi connectivity index (χ0n) is 13.4. The van der Waals surface area contributed by atoms with E-state index in [0.717, 1.165) is 42.8 Å². The number of hydrogen-bond donors (Lipinski definition) is 2. The molecule has 22 heavy (non-hydrogen) atoms. The van der Waals surface area contributed by atoms with E-state index < -0.39 is 0 Å². The molecular formula is C18H23NO3. The van der Waals surface area contributed by atoms with Crippen LogP contribution in [0.1, 0.15) is 37.4 Å². The fraction of sp³-hybridized carbons (Fsp3) is 0.444. The molecule has 2 N–H and O–H groups in total. The number of fused-ring (bicyclic) bond motifs is 3. The second-order valence-corrected chi connectivity index (χ2v) is 6.24. The van der Waals surface area contributed by atoms with E-state index in [4.69, 9.17) is 4.74 Å². The molecule has 0 radical (unpaired) electrons. The largest absolute Gasteiger partial charge is 0.504 e. The molecule has 1 aromatic rings. The van der Waals surface area contributed by atoms with Gasteiger partial charge in [0.1, 0.15) is 0 Å². The Morgan fingerprint density at radius 3 is 2.77 bits per heavy atom. The van der Waals surface area contributed by atoms with Crippen molar-refractivity contribution < 1.29 is 14.9 Å². The van der Waals surface area contributed by atoms with Crippen LogP contribution in [-0.2, 0) is 11.2 Å². The van der Waals surface area contributed by atoms with Crippen molar-refractivity contribution >= 4 is 0 Å². The third kappa shape index (κ3) is 2.59. The fourth-order valence-electron chi connectivity index (χ4n) is 3.48. The van der Waals surface area contributed by atoms with Crippen LogP contribution in [0, 0.1) is 0 Å². The van der Waals surface area contributed by atoms with Gasteiger partial charge in [0.2, 0.25) is 0 Å². The highest BCUT2D eigenvalue weighted by atomic mass is 16.5. The third-order valence-corrected chi connectivity index (χ3v) is 4.81. The lowest BCUT2D eigenvalue weighted by Crippen LogP contribution is -2.39. The summed E-state index contributed by atoms with van der Waals surface area (Å²) in [5.74, 6) is 0.856. The van der Waals surface area contributed by atoms with Crippen molar-refractivity contribution in [2.75, 3.05) is 20.2 Å². The molecule has 0 bridgehead atoms. The minimum Gasteiger partial charge on any atom is -0.504 e. The molecule has 0 aliphatic carbocycles. The summed E-state index contributed by atoms with van der Waals surface area (Å²) in [6.45, 7) is 6.06. The molecule has 1 aromatic carbocycles. The van der Waals surface area contributed by atoms with Crippen LogP contribution in [0.4, 0.5) is 0 Å². The Morgan fingerprint density at radius 1 is 1.32 bits per heavy atom. The molecule has 4 heteroatoms. The van der Waals surface area contributed by atoms with Gasteiger partial charge in [-0.05, 0) is 61.6 Å². The maximum atomic E-state index is 9.85. The number of phenols is 2. The first kappa shape index (κ1) is 15.0. The number of aromatic hydroxyl groups is 2. The zero-order chi connectivity index (χ0) is 15.9. The maximum Gasteiger partial charge on any atom is 0.157 e. The van der Waals surface area contributed by atoms with Crippen molar-refractivity contribution in [2.24, 2.45) is 0 Å². The molecule has 0 saturated carbocycles. The van der Waals surface area contributed by atoms with Gasteiger partial charge in [0.25, 0.3) is 0 Å². The second-order valence-electron chi connectivity index (χ2n) is 6.24. The van der Waals surface area contributed by atoms with Gasteiger partial charge in [0.15, 0.2) is 11.5 Å². The Balaban J connectivity index is 1.98. The average Bonchev–Trinajstić information content (AvgIpc) is 2.49. The van der Waals surface area contributed by atoms with Crippen molar-refractivity contribution in [2.45, 2.75) is 32.7 Å². The average molecular weight is 301 g/mol. The first-order chi connectivity index (χ1) is 10.5. The molecular weight excluding hydrogens is 278 g/mol. The van der Waals surface area contributed by atoms with Gasteiger partial charge in [0, 0.05) is 19.1 Å². The standard InChI is InChI=1S/C18H23NO3/c1-11-10-19-5-4-13-8-17(20)18(21)9-15(13)16(19)7-14(11)6-12(2)22-3/h6,8-9,16,20-21H,4-5,7,10H2,1-3H3/b12-6+. The SMILES string of the molecule is CO/C(C)=C/C1=C(C)CN2CCc3cc(O)c(O)cc3C2C1. The van der Waals surface area contributed by atoms with Gasteiger partial charge >= 0.3 is 0 Å². The molecule has 4 nitrogen and oxygen atoms in total. The number of nitrogens with zero attached hydrogens (tertiary/aromatic N) is 1. The van der Waals surface area contributed by atoms with E-state index in [0.29, 0.717) is 0 Å². The highest BCUT2D eigenvalue weighted by Gasteiger charge is 2.32. The van der Waals surface area contributed by atoms with Crippen LogP contribution < -0.4 is 0 Å². The van der Waals surface area contributed by atoms with Crippen LogP contribution >= 0.6 is 0 Å². The Kier molecular flexibility index (Phi) is 3.87. The van der Waals surface area contributed by atoms with Crippen LogP contribution in [0.2, 0.25) is 0 Å². The lowest BCUT2D eigenvalue weighted by Gasteiger charge is -2.41. The molecule has 0 spiro atoms. The molecule has 0 fully saturated rings. The molecule has 3 rings (SSSR count). The van der Waals surface area contributed by atoms with E-state index in [1.165, 1.54) is 11.1 Å². The minimum atomic E-state index is -0.0305. The van der Waals surface area contributed by atoms with Crippen molar-refractivity contribution in [3.8, 4) is 11.5 Å². The Labute approximate surface area is 131 Å². The van der Waals surface area contributed by atoms with Gasteiger partial charge in [-0.15, -0.1) is 0 Å². The van der Waals surface area contributed by atoms with E-state index in [9.17, 15) is 10.2 Å². The quantitative estimate of drug-likeness (QED) is 0.650. The normalized spacial score (nSPS) is 22.3. The Bertz CT molecular complexity index is 661. The second kappa shape index (κ2) is 5.69. The molecule has 2 aliphatic heterocycles. The van der Waals surface area contributed by atoms with Gasteiger partial charge < -0.3 is 14.9 Å².